The number of aryl methyl sites for hydroxylation is 1. The van der Waals surface area contributed by atoms with E-state index < -0.39 is 0 Å². The van der Waals surface area contributed by atoms with Crippen molar-refractivity contribution in [2.45, 2.75) is 105 Å². The normalized spacial score (nSPS) is 20.7. The van der Waals surface area contributed by atoms with Crippen LogP contribution in [0.3, 0.4) is 0 Å². The first-order chi connectivity index (χ1) is 13.3. The molecule has 0 saturated carbocycles. The average Bonchev–Trinajstić information content (AvgIpc) is 2.62. The van der Waals surface area contributed by atoms with Crippen molar-refractivity contribution in [3.05, 3.63) is 35.4 Å². The second kappa shape index (κ2) is 11.1. The maximum Gasteiger partial charge on any atom is 0.130 e. The molecule has 1 aromatic carbocycles. The highest BCUT2D eigenvalue weighted by Crippen LogP contribution is 2.36. The Hall–Kier alpha value is -1.24. The first-order valence-electron chi connectivity index (χ1n) is 11.8. The summed E-state index contributed by atoms with van der Waals surface area (Å²) in [5, 5.41) is 0. The molecular weight excluding hydrogens is 340 g/mol. The van der Waals surface area contributed by atoms with E-state index in [0.717, 1.165) is 29.9 Å². The van der Waals surface area contributed by atoms with Gasteiger partial charge in [0.05, 0.1) is 0 Å². The molecule has 28 heavy (non-hydrogen) atoms. The fourth-order valence-corrected chi connectivity index (χ4v) is 4.39. The fourth-order valence-electron chi connectivity index (χ4n) is 4.39. The zero-order valence-electron chi connectivity index (χ0n) is 19.4. The first kappa shape index (κ1) is 23.0. The van der Waals surface area contributed by atoms with Crippen LogP contribution in [0.2, 0.25) is 0 Å². The van der Waals surface area contributed by atoms with Crippen LogP contribution in [0.25, 0.3) is 6.08 Å². The molecule has 0 aliphatic carbocycles. The van der Waals surface area contributed by atoms with Gasteiger partial charge in [0.1, 0.15) is 11.4 Å². The molecule has 0 amide bonds. The van der Waals surface area contributed by atoms with Gasteiger partial charge in [0.25, 0.3) is 0 Å². The van der Waals surface area contributed by atoms with Crippen LogP contribution in [0.1, 0.15) is 104 Å². The smallest absolute Gasteiger partial charge is 0.130 e. The van der Waals surface area contributed by atoms with Crippen LogP contribution in [0.5, 0.6) is 5.75 Å². The lowest BCUT2D eigenvalue weighted by Crippen LogP contribution is -2.32. The van der Waals surface area contributed by atoms with Crippen LogP contribution in [0.15, 0.2) is 24.3 Å². The molecule has 0 bridgehead atoms. The molecule has 0 radical (unpaired) electrons. The molecule has 0 aromatic heterocycles. The van der Waals surface area contributed by atoms with Crippen molar-refractivity contribution in [3.63, 3.8) is 0 Å². The summed E-state index contributed by atoms with van der Waals surface area (Å²) in [7, 11) is 0. The molecule has 158 valence electrons. The van der Waals surface area contributed by atoms with Gasteiger partial charge in [-0.2, -0.15) is 0 Å². The Morgan fingerprint density at radius 1 is 0.857 bits per heavy atom. The van der Waals surface area contributed by atoms with Crippen LogP contribution in [0.4, 0.5) is 0 Å². The van der Waals surface area contributed by atoms with E-state index in [1.54, 1.807) is 0 Å². The van der Waals surface area contributed by atoms with Gasteiger partial charge in [-0.15, -0.1) is 0 Å². The summed E-state index contributed by atoms with van der Waals surface area (Å²) in [4.78, 5) is 0. The average molecular weight is 385 g/mol. The van der Waals surface area contributed by atoms with Gasteiger partial charge in [-0.1, -0.05) is 96.9 Å². The Morgan fingerprint density at radius 2 is 1.46 bits per heavy atom. The van der Waals surface area contributed by atoms with Gasteiger partial charge in [-0.3, -0.25) is 0 Å². The summed E-state index contributed by atoms with van der Waals surface area (Å²) >= 11 is 0. The lowest BCUT2D eigenvalue weighted by molar-refractivity contribution is 0.121. The number of fused-ring (bicyclic) bond motifs is 1. The highest BCUT2D eigenvalue weighted by atomic mass is 16.5. The van der Waals surface area contributed by atoms with Crippen molar-refractivity contribution in [1.29, 1.82) is 0 Å². The quantitative estimate of drug-likeness (QED) is 0.350. The van der Waals surface area contributed by atoms with E-state index in [4.69, 9.17) is 4.74 Å². The van der Waals surface area contributed by atoms with Crippen molar-refractivity contribution in [3.8, 4) is 5.75 Å². The van der Waals surface area contributed by atoms with Gasteiger partial charge in [0, 0.05) is 5.56 Å². The van der Waals surface area contributed by atoms with E-state index in [-0.39, 0.29) is 5.60 Å². The number of para-hydroxylation sites is 1. The lowest BCUT2D eigenvalue weighted by atomic mass is 9.89. The fraction of sp³-hybridized carbons (Fsp3) is 0.704. The van der Waals surface area contributed by atoms with E-state index >= 15 is 0 Å². The van der Waals surface area contributed by atoms with Crippen molar-refractivity contribution >= 4 is 6.08 Å². The highest BCUT2D eigenvalue weighted by Gasteiger charge is 2.27. The minimum Gasteiger partial charge on any atom is -0.483 e. The number of hydrogen-bond donors (Lipinski definition) is 0. The predicted octanol–water partition coefficient (Wildman–Crippen LogP) is 8.60. The number of hydrogen-bond acceptors (Lipinski definition) is 1. The van der Waals surface area contributed by atoms with Gasteiger partial charge in [-0.25, -0.2) is 0 Å². The molecule has 0 unspecified atom stereocenters. The third kappa shape index (κ3) is 7.64. The summed E-state index contributed by atoms with van der Waals surface area (Å²) in [6, 6.07) is 6.39. The van der Waals surface area contributed by atoms with Gasteiger partial charge < -0.3 is 4.74 Å². The SMILES string of the molecule is Cc1cccc2c1O[C@](C)(CCC[C@H](C)CCC[C@H](C)CCCC(C)C)C=C2. The Labute approximate surface area is 175 Å². The minimum absolute atomic E-state index is 0.149. The molecule has 1 heterocycles. The van der Waals surface area contributed by atoms with Crippen LogP contribution in [0, 0.1) is 24.7 Å². The van der Waals surface area contributed by atoms with Gasteiger partial charge in [0.15, 0.2) is 0 Å². The lowest BCUT2D eigenvalue weighted by Gasteiger charge is -2.33. The Morgan fingerprint density at radius 3 is 2.11 bits per heavy atom. The maximum absolute atomic E-state index is 6.41. The molecule has 0 saturated heterocycles. The van der Waals surface area contributed by atoms with Gasteiger partial charge in [0.2, 0.25) is 0 Å². The van der Waals surface area contributed by atoms with E-state index in [2.05, 4.69) is 71.9 Å². The van der Waals surface area contributed by atoms with Crippen LogP contribution < -0.4 is 4.74 Å². The monoisotopic (exact) mass is 384 g/mol. The number of rotatable bonds is 12. The maximum atomic E-state index is 6.41. The molecule has 2 rings (SSSR count). The molecule has 0 spiro atoms. The molecule has 1 aliphatic heterocycles. The zero-order valence-corrected chi connectivity index (χ0v) is 19.4. The van der Waals surface area contributed by atoms with Crippen LogP contribution in [-0.4, -0.2) is 5.60 Å². The highest BCUT2D eigenvalue weighted by molar-refractivity contribution is 5.63. The molecule has 1 heteroatoms. The Bertz CT molecular complexity index is 615. The third-order valence-electron chi connectivity index (χ3n) is 6.44. The van der Waals surface area contributed by atoms with E-state index in [9.17, 15) is 0 Å². The number of ether oxygens (including phenoxy) is 1. The molecule has 1 aromatic rings. The van der Waals surface area contributed by atoms with Crippen molar-refractivity contribution in [2.24, 2.45) is 17.8 Å². The van der Waals surface area contributed by atoms with Gasteiger partial charge >= 0.3 is 0 Å². The number of benzene rings is 1. The van der Waals surface area contributed by atoms with E-state index in [0.29, 0.717) is 0 Å². The van der Waals surface area contributed by atoms with E-state index in [1.807, 2.05) is 0 Å². The summed E-state index contributed by atoms with van der Waals surface area (Å²) in [6.07, 6.45) is 16.6. The Balaban J connectivity index is 1.63. The summed E-state index contributed by atoms with van der Waals surface area (Å²) in [6.45, 7) is 13.9. The molecule has 0 N–H and O–H groups in total. The molecule has 1 nitrogen and oxygen atoms in total. The van der Waals surface area contributed by atoms with E-state index in [1.165, 1.54) is 62.5 Å². The molecule has 1 aliphatic rings. The molecule has 3 atom stereocenters. The standard InChI is InChI=1S/C27H44O/c1-21(2)11-7-12-22(3)13-8-14-23(4)15-10-19-27(6)20-18-25-17-9-16-24(5)26(25)28-27/h9,16-18,20-23H,7-8,10-15,19H2,1-6H3/t22-,23-,27-/m1/s1. The van der Waals surface area contributed by atoms with Crippen molar-refractivity contribution in [2.75, 3.05) is 0 Å². The minimum atomic E-state index is -0.149. The molecular formula is C27H44O. The summed E-state index contributed by atoms with van der Waals surface area (Å²) in [5.41, 5.74) is 2.31. The predicted molar refractivity (Wildman–Crippen MR) is 124 cm³/mol. The second-order valence-corrected chi connectivity index (χ2v) is 10.1. The second-order valence-electron chi connectivity index (χ2n) is 10.1. The third-order valence-corrected chi connectivity index (χ3v) is 6.44. The largest absolute Gasteiger partial charge is 0.483 e. The molecule has 0 fully saturated rings. The zero-order chi connectivity index (χ0) is 20.6. The topological polar surface area (TPSA) is 9.23 Å². The summed E-state index contributed by atoms with van der Waals surface area (Å²) in [5.74, 6) is 3.66. The first-order valence-corrected chi connectivity index (χ1v) is 11.8. The van der Waals surface area contributed by atoms with Crippen molar-refractivity contribution < 1.29 is 4.74 Å². The van der Waals surface area contributed by atoms with Crippen LogP contribution >= 0.6 is 0 Å². The Kier molecular flexibility index (Phi) is 9.12. The summed E-state index contributed by atoms with van der Waals surface area (Å²) < 4.78 is 6.41. The van der Waals surface area contributed by atoms with Gasteiger partial charge in [-0.05, 0) is 56.1 Å². The van der Waals surface area contributed by atoms with Crippen LogP contribution in [-0.2, 0) is 0 Å². The van der Waals surface area contributed by atoms with Crippen molar-refractivity contribution in [1.82, 2.24) is 0 Å².